The van der Waals surface area contributed by atoms with Gasteiger partial charge in [0, 0.05) is 0 Å². The van der Waals surface area contributed by atoms with Crippen LogP contribution < -0.4 is 0 Å². The van der Waals surface area contributed by atoms with Gasteiger partial charge in [0.05, 0.1) is 44.2 Å². The molecule has 1 aliphatic heterocycles. The molecule has 0 amide bonds. The third-order valence-corrected chi connectivity index (χ3v) is 7.57. The molecule has 5 atom stereocenters. The highest BCUT2D eigenvalue weighted by atomic mass is 16.6. The van der Waals surface area contributed by atoms with Gasteiger partial charge in [0.1, 0.15) is 24.9 Å². The highest BCUT2D eigenvalue weighted by Crippen LogP contribution is 2.36. The summed E-state index contributed by atoms with van der Waals surface area (Å²) in [7, 11) is 0. The molecule has 210 valence electrons. The molecular formula is C35H35NO5. The van der Waals surface area contributed by atoms with Crippen LogP contribution in [0.4, 0.5) is 0 Å². The Morgan fingerprint density at radius 2 is 0.878 bits per heavy atom. The first-order valence-corrected chi connectivity index (χ1v) is 14.2. The Bertz CT molecular complexity index is 1370. The summed E-state index contributed by atoms with van der Waals surface area (Å²) in [6, 6.07) is 40.7. The highest BCUT2D eigenvalue weighted by Gasteiger charge is 2.54. The van der Waals surface area contributed by atoms with E-state index in [0.29, 0.717) is 33.0 Å². The highest BCUT2D eigenvalue weighted by molar-refractivity contribution is 5.93. The Hall–Kier alpha value is -3.81. The summed E-state index contributed by atoms with van der Waals surface area (Å²) < 4.78 is 26.7. The summed E-state index contributed by atoms with van der Waals surface area (Å²) in [6.45, 7) is 2.11. The lowest BCUT2D eigenvalue weighted by molar-refractivity contribution is -0.197. The van der Waals surface area contributed by atoms with Crippen molar-refractivity contribution in [3.05, 3.63) is 144 Å². The maximum Gasteiger partial charge on any atom is 0.129 e. The molecule has 6 rings (SSSR count). The molecule has 0 N–H and O–H groups in total. The summed E-state index contributed by atoms with van der Waals surface area (Å²) in [5.41, 5.74) is 5.15. The number of hydrogen-bond donors (Lipinski definition) is 0. The van der Waals surface area contributed by atoms with Gasteiger partial charge in [-0.05, 0) is 22.3 Å². The van der Waals surface area contributed by atoms with Crippen molar-refractivity contribution in [1.29, 1.82) is 0 Å². The predicted octanol–water partition coefficient (Wildman–Crippen LogP) is 6.34. The molecule has 0 saturated heterocycles. The monoisotopic (exact) mass is 549 g/mol. The van der Waals surface area contributed by atoms with Gasteiger partial charge in [-0.1, -0.05) is 126 Å². The maximum absolute atomic E-state index is 6.72. The average molecular weight is 550 g/mol. The van der Waals surface area contributed by atoms with Crippen LogP contribution in [0, 0.1) is 5.92 Å². The summed E-state index contributed by atoms with van der Waals surface area (Å²) >= 11 is 0. The molecule has 4 aromatic rings. The Balaban J connectivity index is 1.31. The van der Waals surface area contributed by atoms with E-state index < -0.39 is 18.3 Å². The second kappa shape index (κ2) is 13.7. The van der Waals surface area contributed by atoms with E-state index in [4.69, 9.17) is 23.8 Å². The van der Waals surface area contributed by atoms with Gasteiger partial charge in [-0.25, -0.2) is 0 Å². The number of rotatable bonds is 12. The standard InChI is InChI=1S/C35H35NO5/c1-5-13-26(14-6-1)21-37-32-30-25-41-36-31(30)33(38-22-27-15-7-2-8-16-27)35(40-24-29-19-11-4-12-20-29)34(32)39-23-28-17-9-3-10-18-28/h1-20,30,32-35H,21-25H2/t30-,32+,33-,34-,35-/m1/s1. The van der Waals surface area contributed by atoms with Crippen molar-refractivity contribution in [3.63, 3.8) is 0 Å². The average Bonchev–Trinajstić information content (AvgIpc) is 3.53. The fourth-order valence-electron chi connectivity index (χ4n) is 5.45. The second-order valence-corrected chi connectivity index (χ2v) is 10.4. The molecule has 0 unspecified atom stereocenters. The van der Waals surface area contributed by atoms with Crippen LogP contribution in [0.1, 0.15) is 22.3 Å². The van der Waals surface area contributed by atoms with Gasteiger partial charge in [-0.2, -0.15) is 0 Å². The molecule has 1 saturated carbocycles. The zero-order valence-electron chi connectivity index (χ0n) is 23.0. The SMILES string of the molecule is c1ccc(CO[C@@H]2[C@@H](OCc3ccccc3)[C@@H]3CON=C3[C@@H](OCc3ccccc3)[C@H]2OCc2ccccc2)cc1. The summed E-state index contributed by atoms with van der Waals surface area (Å²) in [6.07, 6.45) is -1.68. The number of ether oxygens (including phenoxy) is 4. The van der Waals surface area contributed by atoms with Gasteiger partial charge in [0.25, 0.3) is 0 Å². The number of fused-ring (bicyclic) bond motifs is 1. The van der Waals surface area contributed by atoms with Crippen molar-refractivity contribution in [2.75, 3.05) is 6.61 Å². The minimum Gasteiger partial charge on any atom is -0.395 e. The van der Waals surface area contributed by atoms with E-state index in [-0.39, 0.29) is 12.0 Å². The zero-order valence-corrected chi connectivity index (χ0v) is 23.0. The number of oxime groups is 1. The van der Waals surface area contributed by atoms with E-state index in [1.165, 1.54) is 0 Å². The van der Waals surface area contributed by atoms with Gasteiger partial charge in [0.2, 0.25) is 0 Å². The number of nitrogens with zero attached hydrogens (tertiary/aromatic N) is 1. The van der Waals surface area contributed by atoms with Gasteiger partial charge in [-0.3, -0.25) is 0 Å². The molecule has 6 nitrogen and oxygen atoms in total. The Kier molecular flexibility index (Phi) is 9.15. The Morgan fingerprint density at radius 1 is 0.488 bits per heavy atom. The van der Waals surface area contributed by atoms with Crippen molar-refractivity contribution in [2.45, 2.75) is 50.8 Å². The van der Waals surface area contributed by atoms with Crippen LogP contribution in [-0.2, 0) is 50.2 Å². The summed E-state index contributed by atoms with van der Waals surface area (Å²) in [5.74, 6) is -0.114. The minimum absolute atomic E-state index is 0.114. The molecule has 6 heteroatoms. The fourth-order valence-corrected chi connectivity index (χ4v) is 5.45. The summed E-state index contributed by atoms with van der Waals surface area (Å²) in [4.78, 5) is 5.70. The first kappa shape index (κ1) is 27.4. The van der Waals surface area contributed by atoms with Gasteiger partial charge >= 0.3 is 0 Å². The van der Waals surface area contributed by atoms with E-state index in [2.05, 4.69) is 53.7 Å². The van der Waals surface area contributed by atoms with E-state index in [0.717, 1.165) is 28.0 Å². The van der Waals surface area contributed by atoms with Crippen molar-refractivity contribution in [3.8, 4) is 0 Å². The van der Waals surface area contributed by atoms with Gasteiger partial charge < -0.3 is 23.8 Å². The lowest BCUT2D eigenvalue weighted by atomic mass is 9.79. The molecule has 1 aliphatic carbocycles. The zero-order chi connectivity index (χ0) is 27.7. The largest absolute Gasteiger partial charge is 0.395 e. The van der Waals surface area contributed by atoms with E-state index in [1.807, 2.05) is 72.8 Å². The van der Waals surface area contributed by atoms with Crippen molar-refractivity contribution >= 4 is 5.71 Å². The third-order valence-electron chi connectivity index (χ3n) is 7.57. The van der Waals surface area contributed by atoms with Crippen LogP contribution in [0.2, 0.25) is 0 Å². The Labute approximate surface area is 241 Å². The third kappa shape index (κ3) is 6.92. The normalized spacial score (nSPS) is 23.4. The van der Waals surface area contributed by atoms with E-state index in [1.54, 1.807) is 0 Å². The molecule has 2 aliphatic rings. The minimum atomic E-state index is -0.472. The molecule has 0 bridgehead atoms. The quantitative estimate of drug-likeness (QED) is 0.206. The molecule has 0 spiro atoms. The molecule has 0 radical (unpaired) electrons. The second-order valence-electron chi connectivity index (χ2n) is 10.4. The molecular weight excluding hydrogens is 514 g/mol. The smallest absolute Gasteiger partial charge is 0.129 e. The van der Waals surface area contributed by atoms with Crippen LogP contribution in [-0.4, -0.2) is 36.7 Å². The molecule has 41 heavy (non-hydrogen) atoms. The van der Waals surface area contributed by atoms with Gasteiger partial charge in [0.15, 0.2) is 0 Å². The maximum atomic E-state index is 6.72. The predicted molar refractivity (Wildman–Crippen MR) is 157 cm³/mol. The Morgan fingerprint density at radius 3 is 1.34 bits per heavy atom. The van der Waals surface area contributed by atoms with Gasteiger partial charge in [-0.15, -0.1) is 0 Å². The molecule has 4 aromatic carbocycles. The van der Waals surface area contributed by atoms with E-state index in [9.17, 15) is 0 Å². The van der Waals surface area contributed by atoms with E-state index >= 15 is 0 Å². The first-order valence-electron chi connectivity index (χ1n) is 14.2. The number of benzene rings is 4. The van der Waals surface area contributed by atoms with Crippen molar-refractivity contribution in [1.82, 2.24) is 0 Å². The lowest BCUT2D eigenvalue weighted by Gasteiger charge is -2.44. The van der Waals surface area contributed by atoms with Crippen molar-refractivity contribution < 1.29 is 23.8 Å². The van der Waals surface area contributed by atoms with Crippen LogP contribution in [0.15, 0.2) is 126 Å². The topological polar surface area (TPSA) is 58.5 Å². The van der Waals surface area contributed by atoms with Crippen molar-refractivity contribution in [2.24, 2.45) is 11.1 Å². The summed E-state index contributed by atoms with van der Waals surface area (Å²) in [5, 5.41) is 4.49. The first-order chi connectivity index (χ1) is 20.3. The molecule has 1 heterocycles. The fraction of sp³-hybridized carbons (Fsp3) is 0.286. The van der Waals surface area contributed by atoms with Crippen LogP contribution in [0.3, 0.4) is 0 Å². The van der Waals surface area contributed by atoms with Crippen LogP contribution in [0.5, 0.6) is 0 Å². The number of hydrogen-bond acceptors (Lipinski definition) is 6. The van der Waals surface area contributed by atoms with Crippen LogP contribution >= 0.6 is 0 Å². The lowest BCUT2D eigenvalue weighted by Crippen LogP contribution is -2.61. The molecule has 0 aromatic heterocycles. The molecule has 1 fully saturated rings. The van der Waals surface area contributed by atoms with Crippen LogP contribution in [0.25, 0.3) is 0 Å².